The van der Waals surface area contributed by atoms with Crippen molar-refractivity contribution < 1.29 is 28.6 Å². The van der Waals surface area contributed by atoms with E-state index in [0.717, 1.165) is 5.69 Å². The summed E-state index contributed by atoms with van der Waals surface area (Å²) in [5.41, 5.74) is 2.94. The van der Waals surface area contributed by atoms with Crippen molar-refractivity contribution in [3.63, 3.8) is 0 Å². The summed E-state index contributed by atoms with van der Waals surface area (Å²) in [7, 11) is 2.57. The molecule has 2 heterocycles. The Labute approximate surface area is 174 Å². The van der Waals surface area contributed by atoms with E-state index < -0.39 is 17.8 Å². The first-order chi connectivity index (χ1) is 14.4. The molecule has 2 N–H and O–H groups in total. The van der Waals surface area contributed by atoms with Crippen molar-refractivity contribution in [1.82, 2.24) is 4.98 Å². The molecule has 1 aromatic carbocycles. The highest BCUT2D eigenvalue weighted by Gasteiger charge is 2.24. The van der Waals surface area contributed by atoms with Crippen LogP contribution in [0.15, 0.2) is 18.2 Å². The van der Waals surface area contributed by atoms with Crippen molar-refractivity contribution in [3.05, 3.63) is 46.3 Å². The Kier molecular flexibility index (Phi) is 6.41. The number of carbonyl (C=O) groups is 3. The Morgan fingerprint density at radius 2 is 1.73 bits per heavy atom. The van der Waals surface area contributed by atoms with Crippen LogP contribution in [0, 0.1) is 13.8 Å². The summed E-state index contributed by atoms with van der Waals surface area (Å²) in [6.07, 6.45) is 0. The molecule has 30 heavy (non-hydrogen) atoms. The van der Waals surface area contributed by atoms with Gasteiger partial charge < -0.3 is 29.4 Å². The summed E-state index contributed by atoms with van der Waals surface area (Å²) in [4.78, 5) is 42.2. The van der Waals surface area contributed by atoms with Crippen LogP contribution in [-0.2, 0) is 14.2 Å². The topological polar surface area (TPSA) is 110 Å². The summed E-state index contributed by atoms with van der Waals surface area (Å²) >= 11 is 0. The number of aryl methyl sites for hydroxylation is 1. The normalized spacial score (nSPS) is 13.7. The highest BCUT2D eigenvalue weighted by Crippen LogP contribution is 2.26. The van der Waals surface area contributed by atoms with Gasteiger partial charge in [-0.05, 0) is 37.6 Å². The number of anilines is 2. The molecule has 1 amide bonds. The summed E-state index contributed by atoms with van der Waals surface area (Å²) in [5.74, 6) is -1.56. The molecular weight excluding hydrogens is 390 g/mol. The van der Waals surface area contributed by atoms with Crippen LogP contribution in [0.2, 0.25) is 0 Å². The van der Waals surface area contributed by atoms with Gasteiger partial charge in [-0.15, -0.1) is 0 Å². The van der Waals surface area contributed by atoms with Crippen molar-refractivity contribution in [2.24, 2.45) is 0 Å². The maximum Gasteiger partial charge on any atom is 0.340 e. The van der Waals surface area contributed by atoms with Gasteiger partial charge in [-0.3, -0.25) is 4.79 Å². The summed E-state index contributed by atoms with van der Waals surface area (Å²) in [5, 5.41) is 2.74. The minimum Gasteiger partial charge on any atom is -0.465 e. The molecule has 160 valence electrons. The first-order valence-electron chi connectivity index (χ1n) is 9.51. The third-order valence-electron chi connectivity index (χ3n) is 5.09. The van der Waals surface area contributed by atoms with Gasteiger partial charge >= 0.3 is 11.9 Å². The number of hydrogen-bond acceptors (Lipinski definition) is 7. The third-order valence-corrected chi connectivity index (χ3v) is 5.09. The second-order valence-electron chi connectivity index (χ2n) is 6.89. The van der Waals surface area contributed by atoms with E-state index in [1.165, 1.54) is 14.2 Å². The van der Waals surface area contributed by atoms with E-state index in [0.29, 0.717) is 48.8 Å². The fourth-order valence-corrected chi connectivity index (χ4v) is 3.51. The molecule has 0 spiro atoms. The number of aromatic nitrogens is 1. The Balaban J connectivity index is 1.91. The standard InChI is InChI=1S/C21H25N3O6/c1-12-17(21(27)29-4)13(2)22-18(12)19(25)23-16-6-5-14(11-15(16)20(26)28-3)24-7-9-30-10-8-24/h5-6,11,22H,7-10H2,1-4H3,(H,23,25). The largest absolute Gasteiger partial charge is 0.465 e. The van der Waals surface area contributed by atoms with Gasteiger partial charge in [0.05, 0.1) is 44.2 Å². The van der Waals surface area contributed by atoms with E-state index in [1.54, 1.807) is 26.0 Å². The van der Waals surface area contributed by atoms with Crippen LogP contribution in [0.3, 0.4) is 0 Å². The number of nitrogens with zero attached hydrogens (tertiary/aromatic N) is 1. The molecule has 1 saturated heterocycles. The van der Waals surface area contributed by atoms with Crippen LogP contribution in [0.25, 0.3) is 0 Å². The van der Waals surface area contributed by atoms with Gasteiger partial charge in [0, 0.05) is 24.5 Å². The lowest BCUT2D eigenvalue weighted by Crippen LogP contribution is -2.36. The highest BCUT2D eigenvalue weighted by molar-refractivity contribution is 6.09. The minimum atomic E-state index is -0.560. The second-order valence-corrected chi connectivity index (χ2v) is 6.89. The van der Waals surface area contributed by atoms with Crippen LogP contribution in [-0.4, -0.2) is 63.4 Å². The zero-order valence-electron chi connectivity index (χ0n) is 17.5. The van der Waals surface area contributed by atoms with E-state index in [1.807, 2.05) is 6.07 Å². The summed E-state index contributed by atoms with van der Waals surface area (Å²) in [6.45, 7) is 5.99. The molecule has 0 bridgehead atoms. The van der Waals surface area contributed by atoms with Crippen molar-refractivity contribution in [2.45, 2.75) is 13.8 Å². The van der Waals surface area contributed by atoms with E-state index in [2.05, 4.69) is 15.2 Å². The van der Waals surface area contributed by atoms with Crippen molar-refractivity contribution in [1.29, 1.82) is 0 Å². The summed E-state index contributed by atoms with van der Waals surface area (Å²) in [6, 6.07) is 5.20. The number of esters is 2. The molecule has 9 heteroatoms. The Morgan fingerprint density at radius 3 is 2.37 bits per heavy atom. The maximum atomic E-state index is 12.9. The smallest absolute Gasteiger partial charge is 0.340 e. The lowest BCUT2D eigenvalue weighted by Gasteiger charge is -2.29. The Hall–Kier alpha value is -3.33. The lowest BCUT2D eigenvalue weighted by atomic mass is 10.1. The van der Waals surface area contributed by atoms with E-state index in [-0.39, 0.29) is 11.3 Å². The number of aromatic amines is 1. The van der Waals surface area contributed by atoms with Gasteiger partial charge in [-0.25, -0.2) is 9.59 Å². The third kappa shape index (κ3) is 4.16. The molecule has 2 aromatic rings. The fourth-order valence-electron chi connectivity index (χ4n) is 3.51. The molecule has 0 radical (unpaired) electrons. The zero-order chi connectivity index (χ0) is 21.8. The van der Waals surface area contributed by atoms with Crippen LogP contribution in [0.1, 0.15) is 42.5 Å². The SMILES string of the molecule is COC(=O)c1cc(N2CCOCC2)ccc1NC(=O)c1[nH]c(C)c(C(=O)OC)c1C. The van der Waals surface area contributed by atoms with Gasteiger partial charge in [-0.2, -0.15) is 0 Å². The van der Waals surface area contributed by atoms with Crippen molar-refractivity contribution in [3.8, 4) is 0 Å². The number of benzene rings is 1. The summed E-state index contributed by atoms with van der Waals surface area (Å²) < 4.78 is 15.0. The van der Waals surface area contributed by atoms with Crippen LogP contribution >= 0.6 is 0 Å². The van der Waals surface area contributed by atoms with Crippen LogP contribution in [0.5, 0.6) is 0 Å². The quantitative estimate of drug-likeness (QED) is 0.721. The van der Waals surface area contributed by atoms with Crippen LogP contribution in [0.4, 0.5) is 11.4 Å². The molecule has 0 atom stereocenters. The van der Waals surface area contributed by atoms with Crippen molar-refractivity contribution >= 4 is 29.2 Å². The predicted octanol–water partition coefficient (Wildman–Crippen LogP) is 2.29. The Bertz CT molecular complexity index is 975. The molecule has 0 unspecified atom stereocenters. The van der Waals surface area contributed by atoms with Gasteiger partial charge in [0.2, 0.25) is 0 Å². The molecule has 3 rings (SSSR count). The minimum absolute atomic E-state index is 0.223. The first kappa shape index (κ1) is 21.4. The molecule has 0 aliphatic carbocycles. The monoisotopic (exact) mass is 415 g/mol. The number of morpholine rings is 1. The molecule has 1 fully saturated rings. The lowest BCUT2D eigenvalue weighted by molar-refractivity contribution is 0.0591. The number of carbonyl (C=O) groups excluding carboxylic acids is 3. The second kappa shape index (κ2) is 9.00. The van der Waals surface area contributed by atoms with E-state index in [4.69, 9.17) is 14.2 Å². The predicted molar refractivity (Wildman–Crippen MR) is 110 cm³/mol. The molecular formula is C21H25N3O6. The number of H-pyrrole nitrogens is 1. The van der Waals surface area contributed by atoms with E-state index >= 15 is 0 Å². The number of ether oxygens (including phenoxy) is 3. The number of nitrogens with one attached hydrogen (secondary N) is 2. The first-order valence-corrected chi connectivity index (χ1v) is 9.51. The van der Waals surface area contributed by atoms with E-state index in [9.17, 15) is 14.4 Å². The Morgan fingerprint density at radius 1 is 1.07 bits per heavy atom. The molecule has 1 aromatic heterocycles. The number of hydrogen-bond donors (Lipinski definition) is 2. The maximum absolute atomic E-state index is 12.9. The van der Waals surface area contributed by atoms with Gasteiger partial charge in [0.1, 0.15) is 5.69 Å². The average molecular weight is 415 g/mol. The van der Waals surface area contributed by atoms with Gasteiger partial charge in [0.25, 0.3) is 5.91 Å². The molecule has 9 nitrogen and oxygen atoms in total. The number of methoxy groups -OCH3 is 2. The number of amides is 1. The molecule has 1 aliphatic rings. The van der Waals surface area contributed by atoms with Gasteiger partial charge in [-0.1, -0.05) is 0 Å². The fraction of sp³-hybridized carbons (Fsp3) is 0.381. The van der Waals surface area contributed by atoms with Crippen molar-refractivity contribution in [2.75, 3.05) is 50.7 Å². The zero-order valence-corrected chi connectivity index (χ0v) is 17.5. The number of rotatable bonds is 5. The average Bonchev–Trinajstić information content (AvgIpc) is 3.07. The molecule has 1 aliphatic heterocycles. The highest BCUT2D eigenvalue weighted by atomic mass is 16.5. The van der Waals surface area contributed by atoms with Crippen LogP contribution < -0.4 is 10.2 Å². The molecule has 0 saturated carbocycles. The van der Waals surface area contributed by atoms with Gasteiger partial charge in [0.15, 0.2) is 0 Å².